The van der Waals surface area contributed by atoms with Gasteiger partial charge in [-0.15, -0.1) is 13.2 Å². The number of nitrogens with zero attached hydrogens (tertiary/aromatic N) is 1. The molecule has 1 unspecified atom stereocenters. The van der Waals surface area contributed by atoms with Crippen molar-refractivity contribution in [2.24, 2.45) is 0 Å². The Labute approximate surface area is 125 Å². The zero-order valence-electron chi connectivity index (χ0n) is 12.0. The molecule has 0 aromatic carbocycles. The maximum absolute atomic E-state index is 12.1. The molecule has 120 valence electrons. The molecule has 0 heterocycles. The lowest BCUT2D eigenvalue weighted by molar-refractivity contribution is -0.146. The van der Waals surface area contributed by atoms with Gasteiger partial charge in [0.05, 0.1) is 11.5 Å². The normalized spacial score (nSPS) is 13.5. The number of rotatable bonds is 9. The highest BCUT2D eigenvalue weighted by Gasteiger charge is 2.38. The van der Waals surface area contributed by atoms with Gasteiger partial charge in [-0.1, -0.05) is 22.4 Å². The fraction of sp³-hybridized carbons (Fsp3) is 0.417. The van der Waals surface area contributed by atoms with Crippen LogP contribution in [-0.4, -0.2) is 44.2 Å². The number of carbonyl (C=O) groups excluding carboxylic acids is 1. The van der Waals surface area contributed by atoms with E-state index in [0.29, 0.717) is 0 Å². The van der Waals surface area contributed by atoms with Gasteiger partial charge in [0, 0.05) is 5.57 Å². The van der Waals surface area contributed by atoms with Crippen LogP contribution in [0.4, 0.5) is 0 Å². The van der Waals surface area contributed by atoms with Crippen molar-refractivity contribution in [3.63, 3.8) is 0 Å². The fourth-order valence-corrected chi connectivity index (χ4v) is 5.00. The van der Waals surface area contributed by atoms with Crippen LogP contribution in [0.3, 0.4) is 0 Å². The summed E-state index contributed by atoms with van der Waals surface area (Å²) in [6.45, 7) is 12.4. The van der Waals surface area contributed by atoms with Crippen molar-refractivity contribution in [3.8, 4) is 0 Å². The van der Waals surface area contributed by atoms with Crippen LogP contribution in [0.1, 0.15) is 13.8 Å². The molecule has 0 aliphatic carbocycles. The van der Waals surface area contributed by atoms with Gasteiger partial charge in [0.2, 0.25) is 20.0 Å². The van der Waals surface area contributed by atoms with E-state index in [-0.39, 0.29) is 9.28 Å². The van der Waals surface area contributed by atoms with E-state index in [2.05, 4.69) is 19.7 Å². The summed E-state index contributed by atoms with van der Waals surface area (Å²) in [4.78, 5) is 11.4. The van der Waals surface area contributed by atoms with E-state index >= 15 is 0 Å². The first-order valence-corrected chi connectivity index (χ1v) is 9.04. The quantitative estimate of drug-likeness (QED) is 0.267. The van der Waals surface area contributed by atoms with Crippen molar-refractivity contribution in [1.29, 1.82) is 0 Å². The standard InChI is InChI=1S/C12H19NO6S2/c1-6-8-20(15,16)13(21(17,18)9-7-2)11(5)19-12(14)10(3)4/h6-7,11H,1-3,8-9H2,4-5H3. The average molecular weight is 337 g/mol. The highest BCUT2D eigenvalue weighted by atomic mass is 32.3. The third kappa shape index (κ3) is 5.44. The molecule has 0 amide bonds. The molecule has 7 nitrogen and oxygen atoms in total. The van der Waals surface area contributed by atoms with Crippen LogP contribution in [0.5, 0.6) is 0 Å². The van der Waals surface area contributed by atoms with Crippen molar-refractivity contribution in [2.45, 2.75) is 20.1 Å². The van der Waals surface area contributed by atoms with E-state index in [0.717, 1.165) is 19.1 Å². The number of hydrogen-bond acceptors (Lipinski definition) is 6. The van der Waals surface area contributed by atoms with Crippen LogP contribution in [0.25, 0.3) is 0 Å². The van der Waals surface area contributed by atoms with Crippen LogP contribution in [-0.2, 0) is 29.6 Å². The van der Waals surface area contributed by atoms with Gasteiger partial charge in [-0.25, -0.2) is 21.6 Å². The second kappa shape index (κ2) is 7.53. The zero-order chi connectivity index (χ0) is 16.8. The predicted molar refractivity (Wildman–Crippen MR) is 80.2 cm³/mol. The minimum Gasteiger partial charge on any atom is -0.441 e. The van der Waals surface area contributed by atoms with Gasteiger partial charge in [-0.05, 0) is 13.8 Å². The summed E-state index contributed by atoms with van der Waals surface area (Å²) in [5.74, 6) is -2.12. The molecule has 0 N–H and O–H groups in total. The molecule has 0 spiro atoms. The molecular weight excluding hydrogens is 318 g/mol. The molecule has 0 saturated carbocycles. The van der Waals surface area contributed by atoms with Crippen LogP contribution in [0, 0.1) is 0 Å². The van der Waals surface area contributed by atoms with Crippen LogP contribution in [0.15, 0.2) is 37.5 Å². The number of ether oxygens (including phenoxy) is 1. The number of esters is 1. The highest BCUT2D eigenvalue weighted by molar-refractivity contribution is 8.04. The Hall–Kier alpha value is -1.45. The lowest BCUT2D eigenvalue weighted by Crippen LogP contribution is -2.46. The van der Waals surface area contributed by atoms with Crippen molar-refractivity contribution in [3.05, 3.63) is 37.5 Å². The summed E-state index contributed by atoms with van der Waals surface area (Å²) < 4.78 is 53.2. The Kier molecular flexibility index (Phi) is 7.01. The van der Waals surface area contributed by atoms with E-state index in [9.17, 15) is 21.6 Å². The summed E-state index contributed by atoms with van der Waals surface area (Å²) in [7, 11) is -8.50. The molecule has 1 atom stereocenters. The minimum absolute atomic E-state index is 0.0176. The summed E-state index contributed by atoms with van der Waals surface area (Å²) in [5.41, 5.74) is 0.0176. The van der Waals surface area contributed by atoms with Gasteiger partial charge < -0.3 is 4.74 Å². The van der Waals surface area contributed by atoms with E-state index in [4.69, 9.17) is 4.74 Å². The highest BCUT2D eigenvalue weighted by Crippen LogP contribution is 2.17. The van der Waals surface area contributed by atoms with Crippen molar-refractivity contribution in [2.75, 3.05) is 11.5 Å². The zero-order valence-corrected chi connectivity index (χ0v) is 13.6. The van der Waals surface area contributed by atoms with Crippen molar-refractivity contribution < 1.29 is 26.4 Å². The Bertz CT molecular complexity index is 593. The Morgan fingerprint density at radius 1 is 1.14 bits per heavy atom. The molecule has 0 aromatic rings. The van der Waals surface area contributed by atoms with Crippen LogP contribution in [0.2, 0.25) is 0 Å². The van der Waals surface area contributed by atoms with E-state index in [1.165, 1.54) is 6.92 Å². The largest absolute Gasteiger partial charge is 0.441 e. The van der Waals surface area contributed by atoms with Crippen molar-refractivity contribution in [1.82, 2.24) is 3.71 Å². The van der Waals surface area contributed by atoms with Gasteiger partial charge in [0.25, 0.3) is 0 Å². The average Bonchev–Trinajstić information content (AvgIpc) is 2.26. The fourth-order valence-electron chi connectivity index (χ4n) is 1.37. The Morgan fingerprint density at radius 2 is 1.52 bits per heavy atom. The topological polar surface area (TPSA) is 97.8 Å². The Balaban J connectivity index is 5.73. The summed E-state index contributed by atoms with van der Waals surface area (Å²) in [6.07, 6.45) is 0.544. The molecule has 0 fully saturated rings. The number of sulfonamides is 2. The van der Waals surface area contributed by atoms with E-state index < -0.39 is 43.7 Å². The van der Waals surface area contributed by atoms with E-state index in [1.54, 1.807) is 0 Å². The monoisotopic (exact) mass is 337 g/mol. The molecule has 0 bridgehead atoms. The first-order valence-electron chi connectivity index (χ1n) is 5.83. The van der Waals surface area contributed by atoms with Crippen LogP contribution < -0.4 is 0 Å². The van der Waals surface area contributed by atoms with Gasteiger partial charge in [0.1, 0.15) is 0 Å². The molecule has 0 aromatic heterocycles. The predicted octanol–water partition coefficient (Wildman–Crippen LogP) is 0.785. The maximum atomic E-state index is 12.1. The summed E-state index contributed by atoms with van der Waals surface area (Å²) in [6, 6.07) is 0. The number of hydrogen-bond donors (Lipinski definition) is 0. The lowest BCUT2D eigenvalue weighted by Gasteiger charge is -2.26. The third-order valence-corrected chi connectivity index (χ3v) is 6.50. The van der Waals surface area contributed by atoms with Gasteiger partial charge in [-0.2, -0.15) is 0 Å². The summed E-state index contributed by atoms with van der Waals surface area (Å²) in [5, 5.41) is 0. The minimum atomic E-state index is -4.25. The second-order valence-electron chi connectivity index (χ2n) is 4.14. The molecule has 0 saturated heterocycles. The summed E-state index contributed by atoms with van der Waals surface area (Å²) >= 11 is 0. The first kappa shape index (κ1) is 19.6. The lowest BCUT2D eigenvalue weighted by atomic mass is 10.4. The molecule has 0 aliphatic heterocycles. The molecule has 0 aliphatic rings. The maximum Gasteiger partial charge on any atom is 0.334 e. The molecular formula is C12H19NO6S2. The van der Waals surface area contributed by atoms with Crippen LogP contribution >= 0.6 is 0 Å². The Morgan fingerprint density at radius 3 is 1.81 bits per heavy atom. The number of carbonyl (C=O) groups is 1. The van der Waals surface area contributed by atoms with Gasteiger partial charge in [0.15, 0.2) is 6.23 Å². The van der Waals surface area contributed by atoms with Gasteiger partial charge >= 0.3 is 5.97 Å². The molecule has 0 radical (unpaired) electrons. The van der Waals surface area contributed by atoms with Crippen molar-refractivity contribution >= 4 is 26.0 Å². The molecule has 0 rings (SSSR count). The third-order valence-electron chi connectivity index (χ3n) is 2.13. The SMILES string of the molecule is C=CCS(=O)(=O)N(C(C)OC(=O)C(=C)C)S(=O)(=O)CC=C. The van der Waals surface area contributed by atoms with E-state index in [1.807, 2.05) is 0 Å². The smallest absolute Gasteiger partial charge is 0.334 e. The molecule has 21 heavy (non-hydrogen) atoms. The first-order chi connectivity index (χ1) is 9.49. The van der Waals surface area contributed by atoms with Gasteiger partial charge in [-0.3, -0.25) is 0 Å². The molecule has 9 heteroatoms. The second-order valence-corrected chi connectivity index (χ2v) is 8.16.